The van der Waals surface area contributed by atoms with Crippen LogP contribution in [0.25, 0.3) is 0 Å². The van der Waals surface area contributed by atoms with Crippen molar-refractivity contribution in [3.05, 3.63) is 21.4 Å². The van der Waals surface area contributed by atoms with E-state index in [1.165, 1.54) is 10.4 Å². The number of nitrogens with zero attached hydrogens (tertiary/aromatic N) is 1. The molecule has 2 saturated carbocycles. The van der Waals surface area contributed by atoms with Gasteiger partial charge in [-0.15, -0.1) is 11.3 Å². The number of thiophene rings is 1. The van der Waals surface area contributed by atoms with Crippen LogP contribution in [0.3, 0.4) is 0 Å². The van der Waals surface area contributed by atoms with Crippen molar-refractivity contribution in [2.24, 2.45) is 11.8 Å². The summed E-state index contributed by atoms with van der Waals surface area (Å²) in [6.07, 6.45) is 7.78. The number of piperidine rings is 1. The number of rotatable bonds is 5. The van der Waals surface area contributed by atoms with Crippen molar-refractivity contribution >= 4 is 17.2 Å². The normalized spacial score (nSPS) is 40.1. The molecule has 2 N–H and O–H groups in total. The zero-order valence-corrected chi connectivity index (χ0v) is 20.1. The van der Waals surface area contributed by atoms with Crippen LogP contribution in [0.15, 0.2) is 6.07 Å². The van der Waals surface area contributed by atoms with Crippen molar-refractivity contribution in [1.29, 1.82) is 0 Å². The average Bonchev–Trinajstić information content (AvgIpc) is 3.11. The third-order valence-electron chi connectivity index (χ3n) is 8.28. The molecule has 1 aromatic rings. The van der Waals surface area contributed by atoms with Gasteiger partial charge >= 0.3 is 0 Å². The zero-order valence-electron chi connectivity index (χ0n) is 19.3. The lowest BCUT2D eigenvalue weighted by Crippen LogP contribution is -2.56. The molecule has 1 spiro atoms. The summed E-state index contributed by atoms with van der Waals surface area (Å²) < 4.78 is 6.48. The Morgan fingerprint density at radius 3 is 2.81 bits per heavy atom. The number of aliphatic hydroxyl groups is 1. The van der Waals surface area contributed by atoms with E-state index in [1.54, 1.807) is 4.88 Å². The fraction of sp³-hybridized carbons (Fsp3) is 0.800. The van der Waals surface area contributed by atoms with Crippen molar-refractivity contribution < 1.29 is 14.6 Å². The van der Waals surface area contributed by atoms with Gasteiger partial charge in [0.15, 0.2) is 0 Å². The number of carbonyl (C=O) groups excluding carboxylic acids is 1. The van der Waals surface area contributed by atoms with Crippen LogP contribution in [0.1, 0.15) is 74.6 Å². The lowest BCUT2D eigenvalue weighted by Gasteiger charge is -2.49. The highest BCUT2D eigenvalue weighted by Crippen LogP contribution is 2.47. The number of fused-ring (bicyclic) bond motifs is 2. The highest BCUT2D eigenvalue weighted by atomic mass is 32.1. The number of hydrogen-bond acceptors (Lipinski definition) is 5. The smallest absolute Gasteiger partial charge is 0.223 e. The van der Waals surface area contributed by atoms with Crippen LogP contribution in [0, 0.1) is 11.8 Å². The zero-order chi connectivity index (χ0) is 21.8. The van der Waals surface area contributed by atoms with E-state index < -0.39 is 5.60 Å². The monoisotopic (exact) mass is 446 g/mol. The van der Waals surface area contributed by atoms with Crippen LogP contribution in [0.4, 0.5) is 0 Å². The number of nitrogens with one attached hydrogen (secondary N) is 1. The number of ether oxygens (including phenoxy) is 1. The molecular weight excluding hydrogens is 408 g/mol. The number of carbonyl (C=O) groups is 1. The van der Waals surface area contributed by atoms with Crippen LogP contribution in [-0.4, -0.2) is 53.3 Å². The molecule has 4 aliphatic rings. The molecule has 1 amide bonds. The van der Waals surface area contributed by atoms with E-state index >= 15 is 0 Å². The fourth-order valence-corrected chi connectivity index (χ4v) is 7.56. The summed E-state index contributed by atoms with van der Waals surface area (Å²) in [4.78, 5) is 18.0. The number of amides is 1. The predicted octanol–water partition coefficient (Wildman–Crippen LogP) is 3.62. The molecular formula is C25H38N2O3S. The Kier molecular flexibility index (Phi) is 5.73. The first-order chi connectivity index (χ1) is 14.8. The minimum absolute atomic E-state index is 0.0121. The first-order valence-electron chi connectivity index (χ1n) is 12.3. The number of hydrogen-bond donors (Lipinski definition) is 2. The topological polar surface area (TPSA) is 61.8 Å². The Labute approximate surface area is 190 Å². The second-order valence-electron chi connectivity index (χ2n) is 10.9. The highest BCUT2D eigenvalue weighted by molar-refractivity contribution is 7.12. The summed E-state index contributed by atoms with van der Waals surface area (Å²) in [6, 6.07) is 3.29. The fourth-order valence-electron chi connectivity index (χ4n) is 6.39. The Hall–Kier alpha value is -0.950. The van der Waals surface area contributed by atoms with Gasteiger partial charge in [-0.25, -0.2) is 0 Å². The van der Waals surface area contributed by atoms with Crippen molar-refractivity contribution in [2.75, 3.05) is 19.7 Å². The molecule has 2 aliphatic heterocycles. The van der Waals surface area contributed by atoms with Gasteiger partial charge in [0.2, 0.25) is 5.91 Å². The standard InChI is InChI=1S/C25H38N2O3S/c1-4-20-11-21-22(31-20)5-8-30-25(21)6-7-27(16(2)12-25)15-17-9-19(10-17)26-23(28)18-13-24(3,29)14-18/h11,16-19,29H,4-10,12-15H2,1-3H3,(H,26,28)/t16-,17-,18?,19+,24?,25+/m0/s1. The predicted molar refractivity (Wildman–Crippen MR) is 123 cm³/mol. The molecule has 172 valence electrons. The summed E-state index contributed by atoms with van der Waals surface area (Å²) >= 11 is 2.00. The van der Waals surface area contributed by atoms with E-state index in [0.717, 1.165) is 58.2 Å². The molecule has 3 fully saturated rings. The maximum Gasteiger partial charge on any atom is 0.223 e. The van der Waals surface area contributed by atoms with Crippen LogP contribution < -0.4 is 5.32 Å². The molecule has 5 nitrogen and oxygen atoms in total. The number of likely N-dealkylation sites (tertiary alicyclic amines) is 1. The summed E-state index contributed by atoms with van der Waals surface area (Å²) in [7, 11) is 0. The van der Waals surface area contributed by atoms with Gasteiger partial charge in [0.1, 0.15) is 0 Å². The maximum absolute atomic E-state index is 12.3. The minimum atomic E-state index is -0.629. The van der Waals surface area contributed by atoms with E-state index in [1.807, 2.05) is 18.3 Å². The molecule has 0 bridgehead atoms. The van der Waals surface area contributed by atoms with E-state index in [-0.39, 0.29) is 17.4 Å². The highest BCUT2D eigenvalue weighted by Gasteiger charge is 2.46. The maximum atomic E-state index is 12.3. The quantitative estimate of drug-likeness (QED) is 0.725. The Morgan fingerprint density at radius 2 is 2.13 bits per heavy atom. The van der Waals surface area contributed by atoms with E-state index in [4.69, 9.17) is 4.74 Å². The minimum Gasteiger partial charge on any atom is -0.390 e. The van der Waals surface area contributed by atoms with Crippen molar-refractivity contribution in [2.45, 2.75) is 95.4 Å². The molecule has 1 aromatic heterocycles. The van der Waals surface area contributed by atoms with Gasteiger partial charge in [-0.2, -0.15) is 0 Å². The Bertz CT molecular complexity index is 823. The molecule has 0 aromatic carbocycles. The van der Waals surface area contributed by atoms with Crippen molar-refractivity contribution in [1.82, 2.24) is 10.2 Å². The van der Waals surface area contributed by atoms with E-state index in [2.05, 4.69) is 30.1 Å². The molecule has 6 heteroatoms. The van der Waals surface area contributed by atoms with Gasteiger partial charge in [-0.1, -0.05) is 6.92 Å². The molecule has 2 atom stereocenters. The van der Waals surface area contributed by atoms with E-state index in [0.29, 0.717) is 30.8 Å². The van der Waals surface area contributed by atoms with Gasteiger partial charge in [0.25, 0.3) is 0 Å². The van der Waals surface area contributed by atoms with Gasteiger partial charge < -0.3 is 20.1 Å². The van der Waals surface area contributed by atoms with Crippen molar-refractivity contribution in [3.8, 4) is 0 Å². The van der Waals surface area contributed by atoms with Gasteiger partial charge in [0, 0.05) is 47.3 Å². The molecule has 0 unspecified atom stereocenters. The molecule has 2 aliphatic carbocycles. The Balaban J connectivity index is 1.11. The van der Waals surface area contributed by atoms with Gasteiger partial charge in [-0.3, -0.25) is 4.79 Å². The van der Waals surface area contributed by atoms with Crippen LogP contribution in [0.2, 0.25) is 0 Å². The molecule has 5 rings (SSSR count). The third kappa shape index (κ3) is 4.21. The second kappa shape index (κ2) is 8.12. The lowest BCUT2D eigenvalue weighted by atomic mass is 9.71. The van der Waals surface area contributed by atoms with Gasteiger partial charge in [-0.05, 0) is 76.3 Å². The summed E-state index contributed by atoms with van der Waals surface area (Å²) in [6.45, 7) is 9.54. The summed E-state index contributed by atoms with van der Waals surface area (Å²) in [5.41, 5.74) is 0.803. The van der Waals surface area contributed by atoms with Crippen LogP contribution >= 0.6 is 11.3 Å². The summed E-state index contributed by atoms with van der Waals surface area (Å²) in [5, 5.41) is 13.1. The Morgan fingerprint density at radius 1 is 1.35 bits per heavy atom. The molecule has 3 heterocycles. The lowest BCUT2D eigenvalue weighted by molar-refractivity contribution is -0.140. The van der Waals surface area contributed by atoms with E-state index in [9.17, 15) is 9.90 Å². The first kappa shape index (κ1) is 21.9. The van der Waals surface area contributed by atoms with Crippen molar-refractivity contribution in [3.63, 3.8) is 0 Å². The SMILES string of the molecule is CCc1cc2c(s1)CCO[C@@]21CCN(C[C@H]2C[C@@H](NC(=O)C3CC(C)(O)C3)C2)[C@@H](C)C1. The number of aryl methyl sites for hydroxylation is 1. The molecule has 1 saturated heterocycles. The first-order valence-corrected chi connectivity index (χ1v) is 13.1. The average molecular weight is 447 g/mol. The molecule has 31 heavy (non-hydrogen) atoms. The third-order valence-corrected chi connectivity index (χ3v) is 9.62. The second-order valence-corrected chi connectivity index (χ2v) is 12.2. The van der Waals surface area contributed by atoms with Crippen LogP contribution in [-0.2, 0) is 28.0 Å². The largest absolute Gasteiger partial charge is 0.390 e. The molecule has 0 radical (unpaired) electrons. The van der Waals surface area contributed by atoms with Gasteiger partial charge in [0.05, 0.1) is 17.8 Å². The summed E-state index contributed by atoms with van der Waals surface area (Å²) in [5.74, 6) is 0.843. The van der Waals surface area contributed by atoms with Crippen LogP contribution in [0.5, 0.6) is 0 Å².